The van der Waals surface area contributed by atoms with Crippen LogP contribution in [0, 0.1) is 6.92 Å². The van der Waals surface area contributed by atoms with Crippen molar-refractivity contribution in [2.45, 2.75) is 32.4 Å². The maximum Gasteiger partial charge on any atom is 0.261 e. The number of thiophene rings is 1. The molecule has 1 aliphatic rings. The summed E-state index contributed by atoms with van der Waals surface area (Å²) in [7, 11) is 0. The molecule has 0 saturated carbocycles. The Hall–Kier alpha value is -3.39. The van der Waals surface area contributed by atoms with Gasteiger partial charge in [0, 0.05) is 24.5 Å². The molecule has 164 valence electrons. The highest BCUT2D eigenvalue weighted by atomic mass is 32.1. The Balaban J connectivity index is 1.24. The van der Waals surface area contributed by atoms with Gasteiger partial charge in [0.1, 0.15) is 11.1 Å². The first kappa shape index (κ1) is 20.5. The Labute approximate surface area is 189 Å². The Morgan fingerprint density at radius 2 is 1.97 bits per heavy atom. The number of aromatic nitrogens is 2. The molecule has 0 spiro atoms. The first-order valence-corrected chi connectivity index (χ1v) is 11.5. The summed E-state index contributed by atoms with van der Waals surface area (Å²) in [6, 6.07) is 13.9. The highest BCUT2D eigenvalue weighted by Crippen LogP contribution is 2.29. The SMILES string of the molecule is Cc1nn(Cc2ccccc2)c2sc(C(=O)NC3CCN(C(=O)c4ccoc4)CC3)cc12. The zero-order valence-corrected chi connectivity index (χ0v) is 18.6. The molecular formula is C24H24N4O3S. The molecule has 4 aromatic rings. The van der Waals surface area contributed by atoms with Crippen molar-refractivity contribution >= 4 is 33.4 Å². The Bertz CT molecular complexity index is 1240. The highest BCUT2D eigenvalue weighted by Gasteiger charge is 2.26. The number of nitrogens with one attached hydrogen (secondary N) is 1. The van der Waals surface area contributed by atoms with Gasteiger partial charge in [0.25, 0.3) is 11.8 Å². The van der Waals surface area contributed by atoms with Crippen molar-refractivity contribution in [1.29, 1.82) is 0 Å². The van der Waals surface area contributed by atoms with Gasteiger partial charge in [-0.2, -0.15) is 5.10 Å². The lowest BCUT2D eigenvalue weighted by Crippen LogP contribution is -2.46. The average Bonchev–Trinajstić information content (AvgIpc) is 3.54. The highest BCUT2D eigenvalue weighted by molar-refractivity contribution is 7.20. The Morgan fingerprint density at radius 3 is 2.69 bits per heavy atom. The zero-order chi connectivity index (χ0) is 22.1. The van der Waals surface area contributed by atoms with Crippen LogP contribution in [-0.4, -0.2) is 45.6 Å². The van der Waals surface area contributed by atoms with E-state index in [4.69, 9.17) is 4.42 Å². The molecule has 8 heteroatoms. The number of piperidine rings is 1. The standard InChI is InChI=1S/C24H24N4O3S/c1-16-20-13-21(32-24(20)28(26-16)14-17-5-3-2-4-6-17)22(29)25-19-7-10-27(11-8-19)23(30)18-9-12-31-15-18/h2-6,9,12-13,15,19H,7-8,10-11,14H2,1H3,(H,25,29). The quantitative estimate of drug-likeness (QED) is 0.499. The van der Waals surface area contributed by atoms with E-state index in [9.17, 15) is 9.59 Å². The van der Waals surface area contributed by atoms with Crippen LogP contribution >= 0.6 is 11.3 Å². The van der Waals surface area contributed by atoms with Gasteiger partial charge in [-0.05, 0) is 37.5 Å². The number of furan rings is 1. The zero-order valence-electron chi connectivity index (χ0n) is 17.8. The minimum Gasteiger partial charge on any atom is -0.472 e. The second kappa shape index (κ2) is 8.63. The number of rotatable bonds is 5. The summed E-state index contributed by atoms with van der Waals surface area (Å²) in [6.45, 7) is 3.89. The third-order valence-electron chi connectivity index (χ3n) is 5.89. The van der Waals surface area contributed by atoms with Crippen molar-refractivity contribution in [3.63, 3.8) is 0 Å². The van der Waals surface area contributed by atoms with E-state index in [1.165, 1.54) is 29.4 Å². The average molecular weight is 449 g/mol. The summed E-state index contributed by atoms with van der Waals surface area (Å²) in [5, 5.41) is 8.84. The maximum absolute atomic E-state index is 12.9. The van der Waals surface area contributed by atoms with Gasteiger partial charge in [-0.25, -0.2) is 0 Å². The molecule has 0 atom stereocenters. The number of amides is 2. The van der Waals surface area contributed by atoms with E-state index in [0.717, 1.165) is 28.8 Å². The van der Waals surface area contributed by atoms with Gasteiger partial charge in [0.05, 0.1) is 28.9 Å². The van der Waals surface area contributed by atoms with Crippen LogP contribution < -0.4 is 5.32 Å². The molecule has 1 aliphatic heterocycles. The first-order chi connectivity index (χ1) is 15.6. The van der Waals surface area contributed by atoms with Crippen LogP contribution in [0.3, 0.4) is 0 Å². The summed E-state index contributed by atoms with van der Waals surface area (Å²) < 4.78 is 6.98. The van der Waals surface area contributed by atoms with Crippen molar-refractivity contribution in [3.8, 4) is 0 Å². The van der Waals surface area contributed by atoms with Crippen LogP contribution in [0.15, 0.2) is 59.4 Å². The lowest BCUT2D eigenvalue weighted by Gasteiger charge is -2.32. The fourth-order valence-electron chi connectivity index (χ4n) is 4.14. The van der Waals surface area contributed by atoms with E-state index in [0.29, 0.717) is 30.1 Å². The number of carbonyl (C=O) groups is 2. The maximum atomic E-state index is 12.9. The van der Waals surface area contributed by atoms with Gasteiger partial charge >= 0.3 is 0 Å². The number of nitrogens with zero attached hydrogens (tertiary/aromatic N) is 3. The minimum atomic E-state index is -0.0588. The van der Waals surface area contributed by atoms with E-state index in [1.54, 1.807) is 6.07 Å². The van der Waals surface area contributed by atoms with Crippen molar-refractivity contribution in [1.82, 2.24) is 20.0 Å². The van der Waals surface area contributed by atoms with Crippen molar-refractivity contribution in [2.75, 3.05) is 13.1 Å². The van der Waals surface area contributed by atoms with Crippen LogP contribution in [0.2, 0.25) is 0 Å². The second-order valence-corrected chi connectivity index (χ2v) is 9.14. The molecule has 5 rings (SSSR count). The summed E-state index contributed by atoms with van der Waals surface area (Å²) in [5.41, 5.74) is 2.67. The van der Waals surface area contributed by atoms with Gasteiger partial charge < -0.3 is 14.6 Å². The normalized spacial score (nSPS) is 14.7. The molecule has 32 heavy (non-hydrogen) atoms. The number of hydrogen-bond acceptors (Lipinski definition) is 5. The molecular weight excluding hydrogens is 424 g/mol. The van der Waals surface area contributed by atoms with Crippen LogP contribution in [-0.2, 0) is 6.54 Å². The fraction of sp³-hybridized carbons (Fsp3) is 0.292. The molecule has 0 radical (unpaired) electrons. The summed E-state index contributed by atoms with van der Waals surface area (Å²) >= 11 is 1.48. The van der Waals surface area contributed by atoms with E-state index in [-0.39, 0.29) is 17.9 Å². The van der Waals surface area contributed by atoms with Gasteiger partial charge in [0.15, 0.2) is 0 Å². The van der Waals surface area contributed by atoms with E-state index < -0.39 is 0 Å². The molecule has 0 bridgehead atoms. The Kier molecular flexibility index (Phi) is 5.53. The minimum absolute atomic E-state index is 0.0218. The van der Waals surface area contributed by atoms with Gasteiger partial charge in [-0.15, -0.1) is 11.3 Å². The number of likely N-dealkylation sites (tertiary alicyclic amines) is 1. The predicted octanol–water partition coefficient (Wildman–Crippen LogP) is 4.08. The first-order valence-electron chi connectivity index (χ1n) is 10.7. The van der Waals surface area contributed by atoms with E-state index in [1.807, 2.05) is 40.8 Å². The van der Waals surface area contributed by atoms with Crippen LogP contribution in [0.1, 0.15) is 44.1 Å². The fourth-order valence-corrected chi connectivity index (χ4v) is 5.20. The molecule has 1 N–H and O–H groups in total. The van der Waals surface area contributed by atoms with Gasteiger partial charge in [-0.3, -0.25) is 14.3 Å². The molecule has 3 aromatic heterocycles. The molecule has 4 heterocycles. The van der Waals surface area contributed by atoms with Crippen LogP contribution in [0.25, 0.3) is 10.2 Å². The predicted molar refractivity (Wildman–Crippen MR) is 123 cm³/mol. The van der Waals surface area contributed by atoms with Crippen LogP contribution in [0.4, 0.5) is 0 Å². The molecule has 0 unspecified atom stereocenters. The Morgan fingerprint density at radius 1 is 1.19 bits per heavy atom. The van der Waals surface area contributed by atoms with Crippen molar-refractivity contribution < 1.29 is 14.0 Å². The lowest BCUT2D eigenvalue weighted by atomic mass is 10.0. The third kappa shape index (κ3) is 4.05. The summed E-state index contributed by atoms with van der Waals surface area (Å²) in [5.74, 6) is -0.0806. The number of benzene rings is 1. The second-order valence-electron chi connectivity index (χ2n) is 8.11. The number of aryl methyl sites for hydroxylation is 1. The van der Waals surface area contributed by atoms with E-state index in [2.05, 4.69) is 22.5 Å². The number of hydrogen-bond donors (Lipinski definition) is 1. The number of carbonyl (C=O) groups excluding carboxylic acids is 2. The summed E-state index contributed by atoms with van der Waals surface area (Å²) in [4.78, 5) is 28.9. The monoisotopic (exact) mass is 448 g/mol. The molecule has 0 aliphatic carbocycles. The van der Waals surface area contributed by atoms with Gasteiger partial charge in [0.2, 0.25) is 0 Å². The number of fused-ring (bicyclic) bond motifs is 1. The topological polar surface area (TPSA) is 80.4 Å². The molecule has 1 saturated heterocycles. The molecule has 1 aromatic carbocycles. The smallest absolute Gasteiger partial charge is 0.261 e. The molecule has 7 nitrogen and oxygen atoms in total. The van der Waals surface area contributed by atoms with Gasteiger partial charge in [-0.1, -0.05) is 30.3 Å². The largest absolute Gasteiger partial charge is 0.472 e. The van der Waals surface area contributed by atoms with Crippen LogP contribution in [0.5, 0.6) is 0 Å². The van der Waals surface area contributed by atoms with Crippen molar-refractivity contribution in [2.24, 2.45) is 0 Å². The molecule has 2 amide bonds. The molecule has 1 fully saturated rings. The van der Waals surface area contributed by atoms with E-state index >= 15 is 0 Å². The summed E-state index contributed by atoms with van der Waals surface area (Å²) in [6.07, 6.45) is 4.45. The van der Waals surface area contributed by atoms with Crippen molar-refractivity contribution in [3.05, 3.63) is 76.7 Å². The third-order valence-corrected chi connectivity index (χ3v) is 7.04. The lowest BCUT2D eigenvalue weighted by molar-refractivity contribution is 0.0697.